The Balaban J connectivity index is 0. The Bertz CT molecular complexity index is 47.0. The molecule has 0 radical (unpaired) electrons. The van der Waals surface area contributed by atoms with E-state index in [-0.39, 0.29) is 6.15 Å². The lowest BCUT2D eigenvalue weighted by Crippen LogP contribution is -2.23. The minimum Gasteiger partial charge on any atom is -0.383 e. The quantitative estimate of drug-likeness (QED) is 0.524. The van der Waals surface area contributed by atoms with Gasteiger partial charge in [0.1, 0.15) is 0 Å². The molecular weight excluding hydrogens is 132 g/mol. The number of nitrogens with one attached hydrogen (secondary N) is 1. The molecular formula is C6H18N2O2. The van der Waals surface area contributed by atoms with Crippen molar-refractivity contribution < 1.29 is 9.47 Å². The van der Waals surface area contributed by atoms with Crippen molar-refractivity contribution in [3.8, 4) is 0 Å². The van der Waals surface area contributed by atoms with Crippen molar-refractivity contribution >= 4 is 0 Å². The Morgan fingerprint density at radius 3 is 1.70 bits per heavy atom. The highest BCUT2D eigenvalue weighted by Gasteiger charge is 1.83. The Morgan fingerprint density at radius 2 is 1.40 bits per heavy atom. The number of hydrogen-bond donors (Lipinski definition) is 2. The molecule has 0 aliphatic carbocycles. The minimum atomic E-state index is 0. The maximum atomic E-state index is 4.82. The predicted molar refractivity (Wildman–Crippen MR) is 41.6 cm³/mol. The molecule has 0 spiro atoms. The first-order chi connectivity index (χ1) is 4.41. The van der Waals surface area contributed by atoms with Gasteiger partial charge in [-0.25, -0.2) is 0 Å². The summed E-state index contributed by atoms with van der Waals surface area (Å²) in [4.78, 5) is 0. The van der Waals surface area contributed by atoms with Crippen molar-refractivity contribution in [1.29, 1.82) is 0 Å². The molecule has 0 atom stereocenters. The van der Waals surface area contributed by atoms with Crippen LogP contribution < -0.4 is 11.5 Å². The van der Waals surface area contributed by atoms with Crippen molar-refractivity contribution in [2.45, 2.75) is 0 Å². The fourth-order valence-corrected chi connectivity index (χ4v) is 0.473. The van der Waals surface area contributed by atoms with E-state index in [2.05, 4.69) is 5.32 Å². The molecule has 0 fully saturated rings. The Kier molecular flexibility index (Phi) is 14.5. The smallest absolute Gasteiger partial charge is 0.0587 e. The molecule has 0 aromatic heterocycles. The van der Waals surface area contributed by atoms with Gasteiger partial charge in [0.05, 0.1) is 13.2 Å². The zero-order valence-electron chi connectivity index (χ0n) is 6.85. The van der Waals surface area contributed by atoms with Crippen LogP contribution in [-0.2, 0) is 9.47 Å². The van der Waals surface area contributed by atoms with Crippen LogP contribution in [0.5, 0.6) is 0 Å². The summed E-state index contributed by atoms with van der Waals surface area (Å²) in [5, 5.41) is 3.14. The highest BCUT2D eigenvalue weighted by molar-refractivity contribution is 4.42. The summed E-state index contributed by atoms with van der Waals surface area (Å²) in [5.74, 6) is 0. The molecule has 10 heavy (non-hydrogen) atoms. The minimum absolute atomic E-state index is 0. The molecule has 0 aromatic carbocycles. The van der Waals surface area contributed by atoms with Gasteiger partial charge in [0.15, 0.2) is 0 Å². The molecule has 0 bridgehead atoms. The molecule has 0 rings (SSSR count). The fourth-order valence-electron chi connectivity index (χ4n) is 0.473. The van der Waals surface area contributed by atoms with Crippen LogP contribution in [0, 0.1) is 0 Å². The van der Waals surface area contributed by atoms with E-state index in [1.54, 1.807) is 14.2 Å². The molecule has 0 aliphatic rings. The third-order valence-corrected chi connectivity index (χ3v) is 0.966. The summed E-state index contributed by atoms with van der Waals surface area (Å²) >= 11 is 0. The Hall–Kier alpha value is -0.160. The maximum absolute atomic E-state index is 4.82. The molecule has 4 heteroatoms. The first kappa shape index (κ1) is 12.5. The van der Waals surface area contributed by atoms with Crippen molar-refractivity contribution in [3.05, 3.63) is 0 Å². The lowest BCUT2D eigenvalue weighted by molar-refractivity contribution is 0.180. The van der Waals surface area contributed by atoms with Gasteiger partial charge >= 0.3 is 0 Å². The summed E-state index contributed by atoms with van der Waals surface area (Å²) < 4.78 is 9.64. The van der Waals surface area contributed by atoms with Gasteiger partial charge < -0.3 is 20.9 Å². The molecule has 4 nitrogen and oxygen atoms in total. The lowest BCUT2D eigenvalue weighted by Gasteiger charge is -2.01. The normalized spacial score (nSPS) is 9.00. The predicted octanol–water partition coefficient (Wildman–Crippen LogP) is 0.0308. The van der Waals surface area contributed by atoms with Crippen LogP contribution in [0.2, 0.25) is 0 Å². The second-order valence-electron chi connectivity index (χ2n) is 1.74. The van der Waals surface area contributed by atoms with Gasteiger partial charge in [-0.15, -0.1) is 0 Å². The number of rotatable bonds is 6. The molecule has 0 unspecified atom stereocenters. The van der Waals surface area contributed by atoms with Crippen LogP contribution in [0.3, 0.4) is 0 Å². The molecule has 0 heterocycles. The molecule has 64 valence electrons. The van der Waals surface area contributed by atoms with Crippen LogP contribution >= 0.6 is 0 Å². The average molecular weight is 150 g/mol. The Morgan fingerprint density at radius 1 is 1.00 bits per heavy atom. The van der Waals surface area contributed by atoms with Gasteiger partial charge in [0, 0.05) is 27.3 Å². The average Bonchev–Trinajstić information content (AvgIpc) is 1.89. The molecule has 4 N–H and O–H groups in total. The summed E-state index contributed by atoms with van der Waals surface area (Å²) in [6, 6.07) is 0. The van der Waals surface area contributed by atoms with Crippen molar-refractivity contribution in [2.24, 2.45) is 0 Å². The van der Waals surface area contributed by atoms with Crippen LogP contribution in [0.1, 0.15) is 0 Å². The highest BCUT2D eigenvalue weighted by atomic mass is 16.5. The standard InChI is InChI=1S/C6H15NO2.H3N/c1-8-5-3-7-4-6-9-2;/h7H,3-6H2,1-2H3;1H3. The molecule has 0 saturated carbocycles. The number of hydrogen-bond acceptors (Lipinski definition) is 4. The van der Waals surface area contributed by atoms with E-state index in [0.29, 0.717) is 0 Å². The van der Waals surface area contributed by atoms with E-state index < -0.39 is 0 Å². The third kappa shape index (κ3) is 10.8. The zero-order chi connectivity index (χ0) is 6.95. The summed E-state index contributed by atoms with van der Waals surface area (Å²) in [6.07, 6.45) is 0. The van der Waals surface area contributed by atoms with Crippen molar-refractivity contribution in [3.63, 3.8) is 0 Å². The van der Waals surface area contributed by atoms with E-state index >= 15 is 0 Å². The Labute approximate surface area is 62.5 Å². The van der Waals surface area contributed by atoms with Crippen LogP contribution in [0.4, 0.5) is 0 Å². The first-order valence-electron chi connectivity index (χ1n) is 3.10. The van der Waals surface area contributed by atoms with E-state index in [4.69, 9.17) is 9.47 Å². The number of ether oxygens (including phenoxy) is 2. The van der Waals surface area contributed by atoms with Crippen molar-refractivity contribution in [1.82, 2.24) is 11.5 Å². The largest absolute Gasteiger partial charge is 0.383 e. The van der Waals surface area contributed by atoms with Crippen LogP contribution in [0.25, 0.3) is 0 Å². The molecule has 0 aromatic rings. The topological polar surface area (TPSA) is 65.5 Å². The third-order valence-electron chi connectivity index (χ3n) is 0.966. The second kappa shape index (κ2) is 11.6. The van der Waals surface area contributed by atoms with Gasteiger partial charge in [0.25, 0.3) is 0 Å². The monoisotopic (exact) mass is 150 g/mol. The van der Waals surface area contributed by atoms with Gasteiger partial charge in [-0.05, 0) is 0 Å². The zero-order valence-corrected chi connectivity index (χ0v) is 6.85. The summed E-state index contributed by atoms with van der Waals surface area (Å²) in [5.41, 5.74) is 0. The summed E-state index contributed by atoms with van der Waals surface area (Å²) in [7, 11) is 3.38. The van der Waals surface area contributed by atoms with Gasteiger partial charge in [0.2, 0.25) is 0 Å². The lowest BCUT2D eigenvalue weighted by atomic mass is 10.6. The number of methoxy groups -OCH3 is 2. The fraction of sp³-hybridized carbons (Fsp3) is 1.00. The highest BCUT2D eigenvalue weighted by Crippen LogP contribution is 1.65. The van der Waals surface area contributed by atoms with Crippen LogP contribution in [-0.4, -0.2) is 40.5 Å². The van der Waals surface area contributed by atoms with Gasteiger partial charge in [-0.1, -0.05) is 0 Å². The molecule has 0 aliphatic heterocycles. The SMILES string of the molecule is COCCNCCOC.N. The maximum Gasteiger partial charge on any atom is 0.0587 e. The first-order valence-corrected chi connectivity index (χ1v) is 3.10. The molecule has 0 amide bonds. The van der Waals surface area contributed by atoms with E-state index in [0.717, 1.165) is 26.3 Å². The van der Waals surface area contributed by atoms with Gasteiger partial charge in [-0.2, -0.15) is 0 Å². The van der Waals surface area contributed by atoms with Crippen molar-refractivity contribution in [2.75, 3.05) is 40.5 Å². The summed E-state index contributed by atoms with van der Waals surface area (Å²) in [6.45, 7) is 3.34. The van der Waals surface area contributed by atoms with E-state index in [1.165, 1.54) is 0 Å². The van der Waals surface area contributed by atoms with Gasteiger partial charge in [-0.3, -0.25) is 0 Å². The van der Waals surface area contributed by atoms with E-state index in [9.17, 15) is 0 Å². The van der Waals surface area contributed by atoms with Crippen LogP contribution in [0.15, 0.2) is 0 Å². The molecule has 0 saturated heterocycles. The van der Waals surface area contributed by atoms with E-state index in [1.807, 2.05) is 0 Å². The second-order valence-corrected chi connectivity index (χ2v) is 1.74.